The molecule has 0 fully saturated rings. The van der Waals surface area contributed by atoms with E-state index < -0.39 is 5.41 Å². The number of nitrogens with zero attached hydrogens (tertiary/aromatic N) is 3. The maximum Gasteiger partial charge on any atom is 0.0743 e. The molecule has 1 unspecified atom stereocenters. The van der Waals surface area contributed by atoms with Gasteiger partial charge in [0.1, 0.15) is 0 Å². The molecule has 14 rings (SSSR count). The maximum absolute atomic E-state index is 2.50. The van der Waals surface area contributed by atoms with Crippen molar-refractivity contribution in [3.8, 4) is 16.8 Å². The van der Waals surface area contributed by atoms with E-state index in [1.807, 2.05) is 0 Å². The maximum atomic E-state index is 2.50. The minimum Gasteiger partial charge on any atom is -0.310 e. The van der Waals surface area contributed by atoms with Gasteiger partial charge in [0, 0.05) is 44.6 Å². The lowest BCUT2D eigenvalue weighted by atomic mass is 9.63. The Labute approximate surface area is 432 Å². The Morgan fingerprint density at radius 2 is 0.905 bits per heavy atom. The van der Waals surface area contributed by atoms with Crippen molar-refractivity contribution in [2.24, 2.45) is 0 Å². The predicted octanol–water partition coefficient (Wildman–Crippen LogP) is 19.0. The lowest BCUT2D eigenvalue weighted by molar-refractivity contribution is 0.728. The molecule has 11 aromatic carbocycles. The second-order valence-corrected chi connectivity index (χ2v) is 19.5. The van der Waals surface area contributed by atoms with E-state index in [-0.39, 0.29) is 0 Å². The quantitative estimate of drug-likeness (QED) is 0.135. The fraction of sp³-hybridized carbons (Fsp3) is 0.0423. The molecule has 1 aliphatic carbocycles. The molecule has 2 aliphatic rings. The number of aromatic nitrogens is 1. The van der Waals surface area contributed by atoms with Crippen molar-refractivity contribution in [3.05, 3.63) is 313 Å². The van der Waals surface area contributed by atoms with Gasteiger partial charge in [0.05, 0.1) is 27.8 Å². The highest BCUT2D eigenvalue weighted by Gasteiger charge is 2.45. The van der Waals surface area contributed by atoms with Crippen molar-refractivity contribution in [2.45, 2.75) is 18.3 Å². The van der Waals surface area contributed by atoms with E-state index in [1.54, 1.807) is 0 Å². The number of para-hydroxylation sites is 4. The van der Waals surface area contributed by atoms with E-state index in [2.05, 4.69) is 300 Å². The van der Waals surface area contributed by atoms with E-state index in [0.717, 1.165) is 58.1 Å². The van der Waals surface area contributed by atoms with Gasteiger partial charge in [-0.1, -0.05) is 206 Å². The van der Waals surface area contributed by atoms with Gasteiger partial charge in [-0.2, -0.15) is 0 Å². The van der Waals surface area contributed by atoms with Crippen LogP contribution >= 0.6 is 0 Å². The summed E-state index contributed by atoms with van der Waals surface area (Å²) in [7, 11) is 0. The van der Waals surface area contributed by atoms with Gasteiger partial charge in [-0.05, 0) is 142 Å². The van der Waals surface area contributed by atoms with Gasteiger partial charge in [-0.15, -0.1) is 0 Å². The van der Waals surface area contributed by atoms with Crippen molar-refractivity contribution in [1.82, 2.24) is 4.57 Å². The number of rotatable bonds is 10. The molecule has 2 heterocycles. The van der Waals surface area contributed by atoms with Crippen LogP contribution in [-0.2, 0) is 5.41 Å². The van der Waals surface area contributed by atoms with Crippen LogP contribution in [0.1, 0.15) is 40.7 Å². The topological polar surface area (TPSA) is 11.4 Å². The minimum atomic E-state index is -0.632. The first-order valence-electron chi connectivity index (χ1n) is 25.8. The fourth-order valence-electron chi connectivity index (χ4n) is 12.1. The van der Waals surface area contributed by atoms with Crippen LogP contribution in [0, 0.1) is 0 Å². The zero-order valence-electron chi connectivity index (χ0n) is 40.9. The lowest BCUT2D eigenvalue weighted by Crippen LogP contribution is -2.35. The summed E-state index contributed by atoms with van der Waals surface area (Å²) in [6, 6.07) is 98.4. The summed E-state index contributed by atoms with van der Waals surface area (Å²) in [4.78, 5) is 4.79. The molecule has 0 saturated carbocycles. The molecule has 74 heavy (non-hydrogen) atoms. The molecule has 0 saturated heterocycles. The first-order valence-corrected chi connectivity index (χ1v) is 25.8. The molecule has 3 heteroatoms. The molecule has 1 aliphatic heterocycles. The molecule has 0 radical (unpaired) electrons. The Bertz CT molecular complexity index is 4110. The summed E-state index contributed by atoms with van der Waals surface area (Å²) in [5.41, 5.74) is 19.5. The monoisotopic (exact) mass is 945 g/mol. The molecule has 1 aromatic heterocycles. The van der Waals surface area contributed by atoms with Crippen LogP contribution < -0.4 is 9.80 Å². The molecule has 12 aromatic rings. The van der Waals surface area contributed by atoms with Crippen molar-refractivity contribution in [3.63, 3.8) is 0 Å². The Morgan fingerprint density at radius 3 is 1.65 bits per heavy atom. The van der Waals surface area contributed by atoms with Crippen LogP contribution in [0.25, 0.3) is 55.0 Å². The fourth-order valence-corrected chi connectivity index (χ4v) is 12.1. The van der Waals surface area contributed by atoms with E-state index in [4.69, 9.17) is 0 Å². The Morgan fingerprint density at radius 1 is 0.365 bits per heavy atom. The largest absolute Gasteiger partial charge is 0.310 e. The standard InChI is InChI=1S/C71H51N3/c1-4-19-50(20-5-1)51-37-43-58(44-38-51)72(59-45-39-52(40-46-59)53-41-47-60(48-42-53)73(57-26-8-3-9-27-57)67-36-16-22-54-21-10-11-29-62(54)67)61-28-17-25-56(49-61)71(55-23-6-2-7-24-55)65-32-13-15-35-69(65)74-68-34-14-12-30-63(68)64-31-18-33-66(71)70(64)74/h2-4,6-49H,1,5H2. The van der Waals surface area contributed by atoms with E-state index in [1.165, 1.54) is 71.7 Å². The number of anilines is 6. The van der Waals surface area contributed by atoms with Crippen LogP contribution in [0.3, 0.4) is 0 Å². The molecule has 0 spiro atoms. The molecule has 3 nitrogen and oxygen atoms in total. The van der Waals surface area contributed by atoms with Gasteiger partial charge in [-0.3, -0.25) is 0 Å². The third-order valence-electron chi connectivity index (χ3n) is 15.5. The second-order valence-electron chi connectivity index (χ2n) is 19.5. The minimum absolute atomic E-state index is 0.632. The van der Waals surface area contributed by atoms with E-state index in [0.29, 0.717) is 0 Å². The average molecular weight is 946 g/mol. The molecule has 0 amide bonds. The van der Waals surface area contributed by atoms with Crippen LogP contribution in [0.2, 0.25) is 0 Å². The average Bonchev–Trinajstić information content (AvgIpc) is 3.84. The third kappa shape index (κ3) is 7.04. The van der Waals surface area contributed by atoms with E-state index in [9.17, 15) is 0 Å². The van der Waals surface area contributed by atoms with Crippen molar-refractivity contribution >= 4 is 72.3 Å². The van der Waals surface area contributed by atoms with E-state index >= 15 is 0 Å². The zero-order chi connectivity index (χ0) is 49.0. The number of benzene rings is 11. The van der Waals surface area contributed by atoms with Gasteiger partial charge in [-0.25, -0.2) is 0 Å². The third-order valence-corrected chi connectivity index (χ3v) is 15.5. The first kappa shape index (κ1) is 43.4. The molecular weight excluding hydrogens is 895 g/mol. The highest BCUT2D eigenvalue weighted by molar-refractivity contribution is 6.12. The molecule has 1 atom stereocenters. The van der Waals surface area contributed by atoms with Gasteiger partial charge < -0.3 is 14.4 Å². The Kier molecular flexibility index (Phi) is 10.5. The zero-order valence-corrected chi connectivity index (χ0v) is 40.9. The molecule has 350 valence electrons. The second kappa shape index (κ2) is 18.0. The van der Waals surface area contributed by atoms with Crippen molar-refractivity contribution < 1.29 is 0 Å². The molecule has 0 bridgehead atoms. The van der Waals surface area contributed by atoms with Gasteiger partial charge in [0.2, 0.25) is 0 Å². The van der Waals surface area contributed by atoms with Crippen molar-refractivity contribution in [1.29, 1.82) is 0 Å². The first-order chi connectivity index (χ1) is 36.7. The van der Waals surface area contributed by atoms with Crippen LogP contribution in [0.15, 0.2) is 285 Å². The smallest absolute Gasteiger partial charge is 0.0743 e. The summed E-state index contributed by atoms with van der Waals surface area (Å²) in [5, 5.41) is 4.96. The Balaban J connectivity index is 0.902. The predicted molar refractivity (Wildman–Crippen MR) is 311 cm³/mol. The number of hydrogen-bond acceptors (Lipinski definition) is 2. The van der Waals surface area contributed by atoms with Crippen LogP contribution in [0.5, 0.6) is 0 Å². The summed E-state index contributed by atoms with van der Waals surface area (Å²) in [5.74, 6) is 0. The number of allylic oxidation sites excluding steroid dienone is 4. The van der Waals surface area contributed by atoms with Gasteiger partial charge in [0.25, 0.3) is 0 Å². The van der Waals surface area contributed by atoms with Gasteiger partial charge in [0.15, 0.2) is 0 Å². The highest BCUT2D eigenvalue weighted by atomic mass is 15.1. The summed E-state index contributed by atoms with van der Waals surface area (Å²) in [6.07, 6.45) is 9.06. The number of hydrogen-bond donors (Lipinski definition) is 0. The molecule has 0 N–H and O–H groups in total. The van der Waals surface area contributed by atoms with Crippen LogP contribution in [-0.4, -0.2) is 4.57 Å². The lowest BCUT2D eigenvalue weighted by Gasteiger charge is -2.42. The molecular formula is C71H51N3. The summed E-state index contributed by atoms with van der Waals surface area (Å²) < 4.78 is 2.50. The SMILES string of the molecule is C1=CC(c2ccc(N(c3ccc(-c4ccc(N(c5ccccc5)c5cccc6ccccc56)cc4)cc3)c3cccc(C4(c5ccccc5)c5ccccc5-n5c6ccccc6c6cccc4c65)c3)cc2)=CCC1. The summed E-state index contributed by atoms with van der Waals surface area (Å²) >= 11 is 0. The number of fused-ring (bicyclic) bond motifs is 6. The van der Waals surface area contributed by atoms with Crippen molar-refractivity contribution in [2.75, 3.05) is 9.80 Å². The normalized spacial score (nSPS) is 14.7. The van der Waals surface area contributed by atoms with Crippen LogP contribution in [0.4, 0.5) is 34.1 Å². The summed E-state index contributed by atoms with van der Waals surface area (Å²) in [6.45, 7) is 0. The Hall–Kier alpha value is -9.44. The van der Waals surface area contributed by atoms with Gasteiger partial charge >= 0.3 is 0 Å². The highest BCUT2D eigenvalue weighted by Crippen LogP contribution is 2.55.